The van der Waals surface area contributed by atoms with Crippen molar-refractivity contribution in [3.63, 3.8) is 0 Å². The summed E-state index contributed by atoms with van der Waals surface area (Å²) >= 11 is 0. The fourth-order valence-corrected chi connectivity index (χ4v) is 4.36. The van der Waals surface area contributed by atoms with Crippen molar-refractivity contribution in [1.82, 2.24) is 0 Å². The third-order valence-electron chi connectivity index (χ3n) is 6.54. The van der Waals surface area contributed by atoms with Crippen molar-refractivity contribution in [1.29, 1.82) is 0 Å². The lowest BCUT2D eigenvalue weighted by Crippen LogP contribution is -2.52. The van der Waals surface area contributed by atoms with E-state index in [4.69, 9.17) is 15.3 Å². The third-order valence-corrected chi connectivity index (χ3v) is 6.54. The highest BCUT2D eigenvalue weighted by Crippen LogP contribution is 2.17. The highest BCUT2D eigenvalue weighted by Gasteiger charge is 2.29. The van der Waals surface area contributed by atoms with Crippen LogP contribution in [-0.4, -0.2) is 63.9 Å². The number of allylic oxidation sites excluding steroid dienone is 2. The molecule has 0 unspecified atom stereocenters. The zero-order valence-electron chi connectivity index (χ0n) is 21.5. The molecule has 0 aliphatic rings. The molecule has 0 rings (SSSR count). The molecule has 0 heterocycles. The molecule has 7 heteroatoms. The number of carboxylic acid groups (broad SMARTS) is 3. The van der Waals surface area contributed by atoms with Gasteiger partial charge in [0.1, 0.15) is 0 Å². The lowest BCUT2D eigenvalue weighted by atomic mass is 10.1. The van der Waals surface area contributed by atoms with Crippen molar-refractivity contribution in [2.45, 2.75) is 116 Å². The number of hydrogen-bond acceptors (Lipinski definition) is 3. The molecule has 0 aromatic rings. The Balaban J connectivity index is 4.12. The first-order chi connectivity index (χ1) is 16.3. The van der Waals surface area contributed by atoms with Gasteiger partial charge in [0.25, 0.3) is 0 Å². The third kappa shape index (κ3) is 20.7. The lowest BCUT2D eigenvalue weighted by Gasteiger charge is -2.38. The van der Waals surface area contributed by atoms with Gasteiger partial charge >= 0.3 is 17.9 Å². The molecule has 0 aromatic carbocycles. The Labute approximate surface area is 206 Å². The fraction of sp³-hybridized carbons (Fsp3) is 0.815. The maximum absolute atomic E-state index is 11.1. The Morgan fingerprint density at radius 3 is 1.26 bits per heavy atom. The van der Waals surface area contributed by atoms with E-state index < -0.39 is 17.9 Å². The van der Waals surface area contributed by atoms with Crippen LogP contribution in [0.2, 0.25) is 0 Å². The number of aliphatic carboxylic acids is 3. The van der Waals surface area contributed by atoms with Crippen molar-refractivity contribution >= 4 is 17.9 Å². The minimum absolute atomic E-state index is 0.0768. The van der Waals surface area contributed by atoms with Gasteiger partial charge in [-0.3, -0.25) is 14.4 Å². The van der Waals surface area contributed by atoms with Crippen LogP contribution in [0.3, 0.4) is 0 Å². The number of carboxylic acids is 3. The van der Waals surface area contributed by atoms with Crippen LogP contribution >= 0.6 is 0 Å². The van der Waals surface area contributed by atoms with Crippen molar-refractivity contribution in [3.8, 4) is 0 Å². The van der Waals surface area contributed by atoms with Gasteiger partial charge in [0, 0.05) is 0 Å². The van der Waals surface area contributed by atoms with Crippen LogP contribution in [0.5, 0.6) is 0 Å². The van der Waals surface area contributed by atoms with Crippen LogP contribution < -0.4 is 0 Å². The number of unbranched alkanes of at least 4 members (excludes halogenated alkanes) is 12. The normalized spacial score (nSPS) is 11.8. The molecule has 0 amide bonds. The molecule has 0 fully saturated rings. The number of hydrogen-bond donors (Lipinski definition) is 3. The summed E-state index contributed by atoms with van der Waals surface area (Å²) in [5.41, 5.74) is 0. The van der Waals surface area contributed by atoms with Gasteiger partial charge in [-0.2, -0.15) is 0 Å². The molecule has 198 valence electrons. The Morgan fingerprint density at radius 1 is 0.529 bits per heavy atom. The van der Waals surface area contributed by atoms with Crippen LogP contribution in [-0.2, 0) is 14.4 Å². The maximum atomic E-state index is 11.1. The average molecular weight is 485 g/mol. The lowest BCUT2D eigenvalue weighted by molar-refractivity contribution is -0.927. The van der Waals surface area contributed by atoms with Gasteiger partial charge in [-0.25, -0.2) is 0 Å². The van der Waals surface area contributed by atoms with Crippen LogP contribution in [0.25, 0.3) is 0 Å². The summed E-state index contributed by atoms with van der Waals surface area (Å²) in [5, 5.41) is 27.3. The van der Waals surface area contributed by atoms with E-state index in [0.29, 0.717) is 6.54 Å². The minimum Gasteiger partial charge on any atom is -0.481 e. The van der Waals surface area contributed by atoms with Gasteiger partial charge in [0.2, 0.25) is 0 Å². The molecule has 0 atom stereocenters. The van der Waals surface area contributed by atoms with Crippen LogP contribution in [0.1, 0.15) is 116 Å². The van der Waals surface area contributed by atoms with Crippen molar-refractivity contribution < 1.29 is 34.2 Å². The first-order valence-corrected chi connectivity index (χ1v) is 13.5. The largest absolute Gasteiger partial charge is 0.481 e. The van der Waals surface area contributed by atoms with Crippen LogP contribution in [0, 0.1) is 0 Å². The number of rotatable bonds is 25. The molecule has 0 bridgehead atoms. The first-order valence-electron chi connectivity index (χ1n) is 13.5. The van der Waals surface area contributed by atoms with E-state index >= 15 is 0 Å². The van der Waals surface area contributed by atoms with Gasteiger partial charge in [-0.1, -0.05) is 70.4 Å². The molecule has 0 spiro atoms. The molecular weight excluding hydrogens is 434 g/mol. The van der Waals surface area contributed by atoms with Gasteiger partial charge < -0.3 is 19.8 Å². The van der Waals surface area contributed by atoms with Crippen LogP contribution in [0.15, 0.2) is 12.2 Å². The number of carbonyl (C=O) groups is 3. The Hall–Kier alpha value is -1.89. The second-order valence-electron chi connectivity index (χ2n) is 9.61. The predicted octanol–water partition coefficient (Wildman–Crippen LogP) is 6.26. The van der Waals surface area contributed by atoms with E-state index in [1.165, 1.54) is 64.2 Å². The van der Waals surface area contributed by atoms with Gasteiger partial charge in [0.15, 0.2) is 0 Å². The smallest absolute Gasteiger partial charge is 0.309 e. The zero-order chi connectivity index (χ0) is 25.5. The average Bonchev–Trinajstić information content (AvgIpc) is 2.79. The Bertz CT molecular complexity index is 530. The standard InChI is InChI=1S/C27H49NO6/c1-2-3-4-5-6-7-8-9-10-11-12-13-14-15-16-17-21-28(22-18-25(29)30,23-19-26(31)32)24-20-27(33)34/h8-9H,2-7,10-24H2,1H3,(H2-,29,30,31,32,33,34)/p+1/b9-8+. The van der Waals surface area contributed by atoms with Crippen molar-refractivity contribution in [3.05, 3.63) is 12.2 Å². The number of nitrogens with zero attached hydrogens (tertiary/aromatic N) is 1. The fourth-order valence-electron chi connectivity index (χ4n) is 4.36. The predicted molar refractivity (Wildman–Crippen MR) is 136 cm³/mol. The molecule has 7 nitrogen and oxygen atoms in total. The summed E-state index contributed by atoms with van der Waals surface area (Å²) < 4.78 is 0.260. The van der Waals surface area contributed by atoms with E-state index in [-0.39, 0.29) is 43.4 Å². The molecule has 0 saturated carbocycles. The van der Waals surface area contributed by atoms with Crippen molar-refractivity contribution in [2.24, 2.45) is 0 Å². The SMILES string of the molecule is CCCCCCC/C=C/CCCCCCCCC[N+](CCC(=O)O)(CCC(=O)O)CCC(=O)O. The summed E-state index contributed by atoms with van der Waals surface area (Å²) in [5.74, 6) is -2.81. The summed E-state index contributed by atoms with van der Waals surface area (Å²) in [4.78, 5) is 33.3. The second kappa shape index (κ2) is 21.6. The van der Waals surface area contributed by atoms with E-state index in [1.54, 1.807) is 0 Å². The molecule has 3 N–H and O–H groups in total. The first kappa shape index (κ1) is 32.1. The summed E-state index contributed by atoms with van der Waals surface area (Å²) in [7, 11) is 0. The van der Waals surface area contributed by atoms with E-state index in [1.807, 2.05) is 0 Å². The molecular formula is C27H50NO6+. The van der Waals surface area contributed by atoms with Crippen LogP contribution in [0.4, 0.5) is 0 Å². The second-order valence-corrected chi connectivity index (χ2v) is 9.61. The van der Waals surface area contributed by atoms with Gasteiger partial charge in [-0.05, 0) is 38.5 Å². The Morgan fingerprint density at radius 2 is 0.882 bits per heavy atom. The van der Waals surface area contributed by atoms with E-state index in [2.05, 4.69) is 19.1 Å². The molecule has 0 aromatic heterocycles. The topological polar surface area (TPSA) is 112 Å². The summed E-state index contributed by atoms with van der Waals surface area (Å²) in [6.45, 7) is 3.72. The highest BCUT2D eigenvalue weighted by atomic mass is 16.4. The van der Waals surface area contributed by atoms with E-state index in [9.17, 15) is 14.4 Å². The quantitative estimate of drug-likeness (QED) is 0.0800. The molecule has 34 heavy (non-hydrogen) atoms. The van der Waals surface area contributed by atoms with Crippen molar-refractivity contribution in [2.75, 3.05) is 26.2 Å². The van der Waals surface area contributed by atoms with Gasteiger partial charge in [-0.15, -0.1) is 0 Å². The Kier molecular flexibility index (Phi) is 20.4. The number of quaternary nitrogens is 1. The zero-order valence-corrected chi connectivity index (χ0v) is 21.5. The summed E-state index contributed by atoms with van der Waals surface area (Å²) in [6.07, 6.45) is 21.2. The molecule has 0 saturated heterocycles. The van der Waals surface area contributed by atoms with Gasteiger partial charge in [0.05, 0.1) is 45.4 Å². The van der Waals surface area contributed by atoms with E-state index in [0.717, 1.165) is 25.7 Å². The molecule has 0 aliphatic heterocycles. The molecule has 0 radical (unpaired) electrons. The monoisotopic (exact) mass is 484 g/mol. The minimum atomic E-state index is -0.935. The molecule has 0 aliphatic carbocycles. The summed E-state index contributed by atoms with van der Waals surface area (Å²) in [6, 6.07) is 0. The maximum Gasteiger partial charge on any atom is 0.309 e. The highest BCUT2D eigenvalue weighted by molar-refractivity contribution is 5.67.